The number of anilines is 1. The van der Waals surface area contributed by atoms with Crippen LogP contribution in [0.1, 0.15) is 26.7 Å². The average molecular weight is 313 g/mol. The molecule has 5 nitrogen and oxygen atoms in total. The summed E-state index contributed by atoms with van der Waals surface area (Å²) in [6.07, 6.45) is 2.24. The summed E-state index contributed by atoms with van der Waals surface area (Å²) < 4.78 is 25.5. The Morgan fingerprint density at radius 2 is 1.76 bits per heavy atom. The molecule has 0 saturated heterocycles. The Hall–Kier alpha value is -1.11. The molecule has 21 heavy (non-hydrogen) atoms. The maximum Gasteiger partial charge on any atom is 0.240 e. The van der Waals surface area contributed by atoms with Crippen LogP contribution in [0.3, 0.4) is 0 Å². The summed E-state index contributed by atoms with van der Waals surface area (Å²) in [7, 11) is 0.205. The molecule has 1 aromatic carbocycles. The van der Waals surface area contributed by atoms with Crippen molar-refractivity contribution in [3.05, 3.63) is 24.3 Å². The Balaban J connectivity index is 2.34. The van der Waals surface area contributed by atoms with Crippen LogP contribution in [-0.4, -0.2) is 46.5 Å². The maximum absolute atomic E-state index is 11.6. The van der Waals surface area contributed by atoms with Gasteiger partial charge in [0.1, 0.15) is 0 Å². The van der Waals surface area contributed by atoms with E-state index in [0.29, 0.717) is 6.04 Å². The summed E-state index contributed by atoms with van der Waals surface area (Å²) in [6, 6.07) is 7.40. The van der Waals surface area contributed by atoms with Gasteiger partial charge in [-0.3, -0.25) is 0 Å². The highest BCUT2D eigenvalue weighted by molar-refractivity contribution is 7.89. The second-order valence-electron chi connectivity index (χ2n) is 5.44. The number of nitrogens with zero attached hydrogens (tertiary/aromatic N) is 1. The van der Waals surface area contributed by atoms with Crippen LogP contribution >= 0.6 is 0 Å². The van der Waals surface area contributed by atoms with Crippen molar-refractivity contribution in [2.45, 2.75) is 37.6 Å². The van der Waals surface area contributed by atoms with Crippen molar-refractivity contribution in [1.29, 1.82) is 0 Å². The highest BCUT2D eigenvalue weighted by Crippen LogP contribution is 2.13. The number of sulfonamides is 1. The maximum atomic E-state index is 11.6. The molecular weight excluding hydrogens is 286 g/mol. The summed E-state index contributed by atoms with van der Waals surface area (Å²) in [6.45, 7) is 6.38. The van der Waals surface area contributed by atoms with Crippen molar-refractivity contribution in [3.63, 3.8) is 0 Å². The lowest BCUT2D eigenvalue weighted by atomic mass is 10.2. The normalized spacial score (nSPS) is 12.1. The Kier molecular flexibility index (Phi) is 7.14. The fourth-order valence-electron chi connectivity index (χ4n) is 1.85. The topological polar surface area (TPSA) is 61.4 Å². The minimum Gasteiger partial charge on any atom is -0.385 e. The first kappa shape index (κ1) is 17.9. The van der Waals surface area contributed by atoms with Crippen LogP contribution < -0.4 is 10.0 Å². The molecule has 0 aromatic heterocycles. The lowest BCUT2D eigenvalue weighted by Gasteiger charge is -2.20. The first-order valence-corrected chi connectivity index (χ1v) is 8.83. The largest absolute Gasteiger partial charge is 0.385 e. The molecule has 1 aromatic rings. The summed E-state index contributed by atoms with van der Waals surface area (Å²) in [4.78, 5) is 2.62. The van der Waals surface area contributed by atoms with E-state index in [4.69, 9.17) is 0 Å². The molecule has 0 amide bonds. The van der Waals surface area contributed by atoms with E-state index in [1.165, 1.54) is 7.05 Å². The van der Waals surface area contributed by atoms with E-state index >= 15 is 0 Å². The van der Waals surface area contributed by atoms with Crippen molar-refractivity contribution in [2.24, 2.45) is 0 Å². The van der Waals surface area contributed by atoms with Gasteiger partial charge in [0.05, 0.1) is 4.90 Å². The van der Waals surface area contributed by atoms with E-state index in [1.54, 1.807) is 24.3 Å². The summed E-state index contributed by atoms with van der Waals surface area (Å²) in [5.41, 5.74) is 0.947. The molecule has 0 aliphatic heterocycles. The molecular formula is C15H27N3O2S. The van der Waals surface area contributed by atoms with E-state index in [9.17, 15) is 8.42 Å². The van der Waals surface area contributed by atoms with Crippen LogP contribution in [-0.2, 0) is 10.0 Å². The molecule has 0 bridgehead atoms. The van der Waals surface area contributed by atoms with Crippen LogP contribution in [0, 0.1) is 0 Å². The second kappa shape index (κ2) is 8.36. The molecule has 0 aliphatic rings. The predicted octanol–water partition coefficient (Wildman–Crippen LogP) is 2.13. The molecule has 0 radical (unpaired) electrons. The van der Waals surface area contributed by atoms with Crippen LogP contribution in [0.25, 0.3) is 0 Å². The standard InChI is InChI=1S/C15H27N3O2S/c1-13(2)18(4)12-6-5-11-17-14-7-9-15(10-8-14)21(19,20)16-3/h7-10,13,16-17H,5-6,11-12H2,1-4H3. The van der Waals surface area contributed by atoms with Crippen LogP contribution in [0.4, 0.5) is 5.69 Å². The third kappa shape index (κ3) is 6.03. The number of hydrogen-bond donors (Lipinski definition) is 2. The quantitative estimate of drug-likeness (QED) is 0.686. The molecule has 0 unspecified atom stereocenters. The fourth-order valence-corrected chi connectivity index (χ4v) is 2.58. The van der Waals surface area contributed by atoms with Gasteiger partial charge in [0.2, 0.25) is 10.0 Å². The van der Waals surface area contributed by atoms with E-state index in [1.807, 2.05) is 0 Å². The van der Waals surface area contributed by atoms with E-state index < -0.39 is 10.0 Å². The lowest BCUT2D eigenvalue weighted by Crippen LogP contribution is -2.27. The number of rotatable bonds is 9. The molecule has 1 rings (SSSR count). The molecule has 120 valence electrons. The van der Waals surface area contributed by atoms with E-state index in [-0.39, 0.29) is 4.90 Å². The lowest BCUT2D eigenvalue weighted by molar-refractivity contribution is 0.269. The van der Waals surface area contributed by atoms with Crippen molar-refractivity contribution >= 4 is 15.7 Å². The Bertz CT molecular complexity index is 512. The van der Waals surface area contributed by atoms with Crippen LogP contribution in [0.5, 0.6) is 0 Å². The second-order valence-corrected chi connectivity index (χ2v) is 7.33. The average Bonchev–Trinajstić information content (AvgIpc) is 2.47. The van der Waals surface area contributed by atoms with Crippen molar-refractivity contribution < 1.29 is 8.42 Å². The minimum atomic E-state index is -3.35. The molecule has 0 aliphatic carbocycles. The van der Waals surface area contributed by atoms with Gasteiger partial charge in [-0.05, 0) is 71.6 Å². The van der Waals surface area contributed by atoms with Crippen molar-refractivity contribution in [2.75, 3.05) is 32.5 Å². The molecule has 0 atom stereocenters. The smallest absolute Gasteiger partial charge is 0.240 e. The van der Waals surface area contributed by atoms with Crippen LogP contribution in [0.15, 0.2) is 29.2 Å². The third-order valence-corrected chi connectivity index (χ3v) is 5.01. The van der Waals surface area contributed by atoms with Gasteiger partial charge in [0.15, 0.2) is 0 Å². The number of benzene rings is 1. The van der Waals surface area contributed by atoms with E-state index in [2.05, 4.69) is 35.8 Å². The van der Waals surface area contributed by atoms with Gasteiger partial charge in [0.25, 0.3) is 0 Å². The molecule has 0 saturated carbocycles. The Morgan fingerprint density at radius 1 is 1.14 bits per heavy atom. The van der Waals surface area contributed by atoms with Crippen LogP contribution in [0.2, 0.25) is 0 Å². The number of nitrogens with one attached hydrogen (secondary N) is 2. The van der Waals surface area contributed by atoms with Gasteiger partial charge >= 0.3 is 0 Å². The van der Waals surface area contributed by atoms with Gasteiger partial charge in [0, 0.05) is 18.3 Å². The molecule has 0 fully saturated rings. The van der Waals surface area contributed by atoms with Crippen molar-refractivity contribution in [3.8, 4) is 0 Å². The number of hydrogen-bond acceptors (Lipinski definition) is 4. The highest BCUT2D eigenvalue weighted by Gasteiger charge is 2.10. The highest BCUT2D eigenvalue weighted by atomic mass is 32.2. The predicted molar refractivity (Wildman–Crippen MR) is 88.2 cm³/mol. The zero-order valence-electron chi connectivity index (χ0n) is 13.4. The molecule has 0 spiro atoms. The minimum absolute atomic E-state index is 0.286. The Labute approximate surface area is 128 Å². The Morgan fingerprint density at radius 3 is 2.29 bits per heavy atom. The molecule has 2 N–H and O–H groups in total. The van der Waals surface area contributed by atoms with Gasteiger partial charge in [-0.2, -0.15) is 0 Å². The third-order valence-electron chi connectivity index (χ3n) is 3.58. The first-order valence-electron chi connectivity index (χ1n) is 7.34. The van der Waals surface area contributed by atoms with Gasteiger partial charge in [-0.15, -0.1) is 0 Å². The van der Waals surface area contributed by atoms with Gasteiger partial charge in [-0.1, -0.05) is 0 Å². The molecule has 6 heteroatoms. The zero-order valence-corrected chi connectivity index (χ0v) is 14.2. The summed E-state index contributed by atoms with van der Waals surface area (Å²) in [5.74, 6) is 0. The van der Waals surface area contributed by atoms with Crippen molar-refractivity contribution in [1.82, 2.24) is 9.62 Å². The SMILES string of the molecule is CNS(=O)(=O)c1ccc(NCCCCN(C)C(C)C)cc1. The zero-order chi connectivity index (χ0) is 15.9. The first-order chi connectivity index (χ1) is 9.86. The monoisotopic (exact) mass is 313 g/mol. The number of unbranched alkanes of at least 4 members (excludes halogenated alkanes) is 1. The summed E-state index contributed by atoms with van der Waals surface area (Å²) in [5, 5.41) is 3.31. The molecule has 0 heterocycles. The van der Waals surface area contributed by atoms with Gasteiger partial charge < -0.3 is 10.2 Å². The summed E-state index contributed by atoms with van der Waals surface area (Å²) >= 11 is 0. The van der Waals surface area contributed by atoms with E-state index in [0.717, 1.165) is 31.6 Å². The fraction of sp³-hybridized carbons (Fsp3) is 0.600. The van der Waals surface area contributed by atoms with Gasteiger partial charge in [-0.25, -0.2) is 13.1 Å².